The fraction of sp³-hybridized carbons (Fsp3) is 0.294. The molecule has 0 bridgehead atoms. The van der Waals surface area contributed by atoms with Crippen LogP contribution in [0.2, 0.25) is 0 Å². The zero-order valence-corrected chi connectivity index (χ0v) is 13.0. The van der Waals surface area contributed by atoms with Crippen molar-refractivity contribution < 1.29 is 0 Å². The maximum atomic E-state index is 2.37. The molecule has 0 spiro atoms. The van der Waals surface area contributed by atoms with Crippen LogP contribution in [0.3, 0.4) is 0 Å². The summed E-state index contributed by atoms with van der Waals surface area (Å²) >= 11 is 4.01. The normalized spacial score (nSPS) is 18.1. The minimum Gasteiger partial charge on any atom is -0.126 e. The third kappa shape index (κ3) is 3.01. The molecule has 0 saturated heterocycles. The van der Waals surface area contributed by atoms with Gasteiger partial charge in [-0.25, -0.2) is 0 Å². The van der Waals surface area contributed by atoms with Crippen molar-refractivity contribution in [3.63, 3.8) is 0 Å². The number of rotatable bonds is 2. The SMILES string of the molecule is Cc1ccc(SC2CCSc3ccc(C)cc32)cc1. The molecule has 1 atom stereocenters. The van der Waals surface area contributed by atoms with Crippen molar-refractivity contribution in [2.45, 2.75) is 35.3 Å². The molecule has 19 heavy (non-hydrogen) atoms. The van der Waals surface area contributed by atoms with Gasteiger partial charge in [0.2, 0.25) is 0 Å². The Bertz CT molecular complexity index is 572. The molecule has 0 fully saturated rings. The Balaban J connectivity index is 1.87. The lowest BCUT2D eigenvalue weighted by molar-refractivity contribution is 0.863. The highest BCUT2D eigenvalue weighted by molar-refractivity contribution is 8.01. The highest BCUT2D eigenvalue weighted by Crippen LogP contribution is 2.46. The second kappa shape index (κ2) is 5.64. The van der Waals surface area contributed by atoms with E-state index in [2.05, 4.69) is 56.3 Å². The molecule has 2 heteroatoms. The van der Waals surface area contributed by atoms with E-state index >= 15 is 0 Å². The van der Waals surface area contributed by atoms with Crippen LogP contribution in [0.15, 0.2) is 52.3 Å². The smallest absolute Gasteiger partial charge is 0.0363 e. The molecule has 0 amide bonds. The molecule has 0 nitrogen and oxygen atoms in total. The average Bonchev–Trinajstić information content (AvgIpc) is 2.42. The van der Waals surface area contributed by atoms with E-state index < -0.39 is 0 Å². The van der Waals surface area contributed by atoms with Crippen LogP contribution >= 0.6 is 23.5 Å². The Kier molecular flexibility index (Phi) is 3.90. The van der Waals surface area contributed by atoms with Crippen molar-refractivity contribution >= 4 is 23.5 Å². The van der Waals surface area contributed by atoms with E-state index in [4.69, 9.17) is 0 Å². The van der Waals surface area contributed by atoms with E-state index in [0.717, 1.165) is 0 Å². The van der Waals surface area contributed by atoms with Crippen molar-refractivity contribution in [2.75, 3.05) is 5.75 Å². The first-order valence-corrected chi connectivity index (χ1v) is 8.55. The lowest BCUT2D eigenvalue weighted by atomic mass is 10.1. The molecule has 2 aromatic rings. The van der Waals surface area contributed by atoms with Crippen LogP contribution in [0, 0.1) is 13.8 Å². The summed E-state index contributed by atoms with van der Waals surface area (Å²) in [6, 6.07) is 15.8. The van der Waals surface area contributed by atoms with E-state index in [1.807, 2.05) is 23.5 Å². The second-order valence-electron chi connectivity index (χ2n) is 5.10. The number of thioether (sulfide) groups is 2. The molecule has 98 valence electrons. The predicted octanol–water partition coefficient (Wildman–Crippen LogP) is 5.63. The Hall–Kier alpha value is -0.860. The lowest BCUT2D eigenvalue weighted by Crippen LogP contribution is -2.04. The van der Waals surface area contributed by atoms with Crippen molar-refractivity contribution in [1.29, 1.82) is 0 Å². The third-order valence-corrected chi connectivity index (χ3v) is 5.89. The van der Waals surface area contributed by atoms with Crippen LogP contribution in [0.4, 0.5) is 0 Å². The van der Waals surface area contributed by atoms with E-state index in [1.165, 1.54) is 38.7 Å². The van der Waals surface area contributed by atoms with Gasteiger partial charge in [-0.2, -0.15) is 0 Å². The maximum absolute atomic E-state index is 2.37. The van der Waals surface area contributed by atoms with Crippen LogP contribution in [-0.2, 0) is 0 Å². The van der Waals surface area contributed by atoms with E-state index in [0.29, 0.717) is 5.25 Å². The molecule has 0 aromatic heterocycles. The predicted molar refractivity (Wildman–Crippen MR) is 86.3 cm³/mol. The summed E-state index contributed by atoms with van der Waals surface area (Å²) in [5, 5.41) is 0.610. The molecule has 3 rings (SSSR count). The minimum atomic E-state index is 0.610. The van der Waals surface area contributed by atoms with Gasteiger partial charge in [0.1, 0.15) is 0 Å². The summed E-state index contributed by atoms with van der Waals surface area (Å²) in [7, 11) is 0. The van der Waals surface area contributed by atoms with Gasteiger partial charge in [-0.15, -0.1) is 23.5 Å². The number of hydrogen-bond donors (Lipinski definition) is 0. The monoisotopic (exact) mass is 286 g/mol. The first kappa shape index (κ1) is 13.1. The van der Waals surface area contributed by atoms with Gasteiger partial charge in [-0.1, -0.05) is 35.4 Å². The van der Waals surface area contributed by atoms with Gasteiger partial charge < -0.3 is 0 Å². The number of benzene rings is 2. The Morgan fingerprint density at radius 3 is 2.53 bits per heavy atom. The largest absolute Gasteiger partial charge is 0.126 e. The third-order valence-electron chi connectivity index (χ3n) is 3.45. The molecular weight excluding hydrogens is 268 g/mol. The minimum absolute atomic E-state index is 0.610. The summed E-state index contributed by atoms with van der Waals surface area (Å²) in [6.45, 7) is 4.33. The van der Waals surface area contributed by atoms with E-state index in [9.17, 15) is 0 Å². The molecule has 0 aliphatic carbocycles. The van der Waals surface area contributed by atoms with Crippen molar-refractivity contribution in [3.05, 3.63) is 59.2 Å². The van der Waals surface area contributed by atoms with E-state index in [-0.39, 0.29) is 0 Å². The Labute approximate surface area is 124 Å². The molecule has 0 radical (unpaired) electrons. The van der Waals surface area contributed by atoms with Crippen LogP contribution < -0.4 is 0 Å². The van der Waals surface area contributed by atoms with Crippen LogP contribution in [0.5, 0.6) is 0 Å². The molecule has 1 aliphatic rings. The molecule has 1 aliphatic heterocycles. The Morgan fingerprint density at radius 2 is 1.74 bits per heavy atom. The number of hydrogen-bond acceptors (Lipinski definition) is 2. The first-order chi connectivity index (χ1) is 9.22. The van der Waals surface area contributed by atoms with Crippen molar-refractivity contribution in [1.82, 2.24) is 0 Å². The van der Waals surface area contributed by atoms with Gasteiger partial charge in [-0.3, -0.25) is 0 Å². The fourth-order valence-corrected chi connectivity index (χ4v) is 4.89. The van der Waals surface area contributed by atoms with Crippen LogP contribution in [0.1, 0.15) is 28.4 Å². The zero-order valence-electron chi connectivity index (χ0n) is 11.3. The summed E-state index contributed by atoms with van der Waals surface area (Å²) in [5.41, 5.74) is 4.23. The second-order valence-corrected chi connectivity index (χ2v) is 7.51. The average molecular weight is 286 g/mol. The molecule has 0 N–H and O–H groups in total. The lowest BCUT2D eigenvalue weighted by Gasteiger charge is -2.25. The van der Waals surface area contributed by atoms with Crippen LogP contribution in [0.25, 0.3) is 0 Å². The number of aryl methyl sites for hydroxylation is 2. The Morgan fingerprint density at radius 1 is 1.00 bits per heavy atom. The van der Waals surface area contributed by atoms with Gasteiger partial charge in [0.15, 0.2) is 0 Å². The van der Waals surface area contributed by atoms with Gasteiger partial charge in [0, 0.05) is 15.0 Å². The summed E-state index contributed by atoms with van der Waals surface area (Å²) in [5.74, 6) is 1.24. The van der Waals surface area contributed by atoms with Crippen molar-refractivity contribution in [2.24, 2.45) is 0 Å². The van der Waals surface area contributed by atoms with E-state index in [1.54, 1.807) is 0 Å². The quantitative estimate of drug-likeness (QED) is 0.701. The van der Waals surface area contributed by atoms with Gasteiger partial charge in [0.25, 0.3) is 0 Å². The molecule has 1 heterocycles. The fourth-order valence-electron chi connectivity index (χ4n) is 2.39. The summed E-state index contributed by atoms with van der Waals surface area (Å²) in [4.78, 5) is 2.86. The number of fused-ring (bicyclic) bond motifs is 1. The highest BCUT2D eigenvalue weighted by Gasteiger charge is 2.21. The van der Waals surface area contributed by atoms with Gasteiger partial charge in [-0.05, 0) is 49.8 Å². The zero-order chi connectivity index (χ0) is 13.2. The molecule has 2 aromatic carbocycles. The summed E-state index contributed by atoms with van der Waals surface area (Å²) in [6.07, 6.45) is 1.26. The van der Waals surface area contributed by atoms with Gasteiger partial charge in [0.05, 0.1) is 0 Å². The van der Waals surface area contributed by atoms with Crippen LogP contribution in [-0.4, -0.2) is 5.75 Å². The highest BCUT2D eigenvalue weighted by atomic mass is 32.2. The standard InChI is InChI=1S/C17H18S2/c1-12-3-6-14(7-4-12)19-17-9-10-18-16-8-5-13(2)11-15(16)17/h3-8,11,17H,9-10H2,1-2H3. The summed E-state index contributed by atoms with van der Waals surface area (Å²) < 4.78 is 0. The molecule has 0 saturated carbocycles. The molecular formula is C17H18S2. The maximum Gasteiger partial charge on any atom is 0.0363 e. The molecule has 1 unspecified atom stereocenters. The topological polar surface area (TPSA) is 0 Å². The van der Waals surface area contributed by atoms with Gasteiger partial charge >= 0.3 is 0 Å². The van der Waals surface area contributed by atoms with Crippen molar-refractivity contribution in [3.8, 4) is 0 Å². The first-order valence-electron chi connectivity index (χ1n) is 6.69.